The van der Waals surface area contributed by atoms with Gasteiger partial charge in [0.05, 0.1) is 0 Å². The summed E-state index contributed by atoms with van der Waals surface area (Å²) < 4.78 is 0. The predicted octanol–water partition coefficient (Wildman–Crippen LogP) is 2.38. The molecule has 9 heavy (non-hydrogen) atoms. The maximum absolute atomic E-state index is 3.86. The molecule has 0 rings (SSSR count). The summed E-state index contributed by atoms with van der Waals surface area (Å²) in [6, 6.07) is 0. The fourth-order valence-corrected chi connectivity index (χ4v) is 0.507. The molecule has 0 aliphatic rings. The second-order valence-corrected chi connectivity index (χ2v) is 2.21. The number of allylic oxidation sites excluding steroid dienone is 2. The van der Waals surface area contributed by atoms with Crippen molar-refractivity contribution in [1.29, 1.82) is 0 Å². The van der Waals surface area contributed by atoms with Crippen LogP contribution in [-0.4, -0.2) is 11.9 Å². The summed E-state index contributed by atoms with van der Waals surface area (Å²) in [6.07, 6.45) is 0.989. The van der Waals surface area contributed by atoms with Gasteiger partial charge >= 0.3 is 0 Å². The molecule has 0 saturated carbocycles. The van der Waals surface area contributed by atoms with Gasteiger partial charge in [-0.15, -0.1) is 0 Å². The average Bonchev–Trinajstić information content (AvgIpc) is 1.84. The zero-order valence-electron chi connectivity index (χ0n) is 6.57. The average molecular weight is 125 g/mol. The fourth-order valence-electron chi connectivity index (χ4n) is 0.507. The topological polar surface area (TPSA) is 3.24 Å². The molecule has 0 radical (unpaired) electrons. The Morgan fingerprint density at radius 3 is 2.00 bits per heavy atom. The summed E-state index contributed by atoms with van der Waals surface area (Å²) in [4.78, 5) is 2.00. The highest BCUT2D eigenvalue weighted by atomic mass is 15.1. The van der Waals surface area contributed by atoms with Crippen LogP contribution < -0.4 is 0 Å². The van der Waals surface area contributed by atoms with Crippen molar-refractivity contribution in [3.63, 3.8) is 0 Å². The van der Waals surface area contributed by atoms with Crippen molar-refractivity contribution in [1.82, 2.24) is 4.90 Å². The van der Waals surface area contributed by atoms with E-state index in [4.69, 9.17) is 0 Å². The quantitative estimate of drug-likeness (QED) is 0.559. The van der Waals surface area contributed by atoms with Crippen LogP contribution in [0.1, 0.15) is 20.3 Å². The molecule has 0 aromatic carbocycles. The summed E-state index contributed by atoms with van der Waals surface area (Å²) in [6.45, 7) is 11.7. The standard InChI is InChI=1S/C8H15N/c1-6-8(4)9(5)7(2)3/h2,4,6H2,1,3,5H3. The van der Waals surface area contributed by atoms with E-state index < -0.39 is 0 Å². The molecule has 52 valence electrons. The first kappa shape index (κ1) is 8.28. The van der Waals surface area contributed by atoms with Crippen LogP contribution in [0.2, 0.25) is 0 Å². The minimum atomic E-state index is 0.989. The zero-order valence-corrected chi connectivity index (χ0v) is 6.57. The Morgan fingerprint density at radius 2 is 1.89 bits per heavy atom. The van der Waals surface area contributed by atoms with Crippen LogP contribution >= 0.6 is 0 Å². The van der Waals surface area contributed by atoms with Crippen LogP contribution in [0.25, 0.3) is 0 Å². The van der Waals surface area contributed by atoms with E-state index in [1.807, 2.05) is 18.9 Å². The van der Waals surface area contributed by atoms with Crippen molar-refractivity contribution < 1.29 is 0 Å². The molecule has 0 bridgehead atoms. The molecule has 0 amide bonds. The molecule has 1 nitrogen and oxygen atoms in total. The van der Waals surface area contributed by atoms with Gasteiger partial charge in [0, 0.05) is 18.4 Å². The molecular formula is C8H15N. The molecule has 0 spiro atoms. The number of rotatable bonds is 3. The van der Waals surface area contributed by atoms with Gasteiger partial charge in [-0.2, -0.15) is 0 Å². The van der Waals surface area contributed by atoms with Gasteiger partial charge in [-0.05, 0) is 13.3 Å². The Labute approximate surface area is 57.7 Å². The van der Waals surface area contributed by atoms with Gasteiger partial charge in [0.2, 0.25) is 0 Å². The molecule has 0 heterocycles. The molecule has 0 aromatic rings. The van der Waals surface area contributed by atoms with E-state index >= 15 is 0 Å². The van der Waals surface area contributed by atoms with Gasteiger partial charge in [-0.1, -0.05) is 20.1 Å². The molecule has 0 N–H and O–H groups in total. The molecule has 0 aliphatic carbocycles. The molecule has 0 saturated heterocycles. The molecule has 0 aliphatic heterocycles. The third-order valence-corrected chi connectivity index (χ3v) is 1.46. The lowest BCUT2D eigenvalue weighted by atomic mass is 10.3. The first-order valence-corrected chi connectivity index (χ1v) is 3.16. The number of hydrogen-bond acceptors (Lipinski definition) is 1. The third-order valence-electron chi connectivity index (χ3n) is 1.46. The van der Waals surface area contributed by atoms with E-state index in [9.17, 15) is 0 Å². The third kappa shape index (κ3) is 2.36. The SMILES string of the molecule is C=C(C)N(C)C(=C)CC. The van der Waals surface area contributed by atoms with Gasteiger partial charge < -0.3 is 4.90 Å². The summed E-state index contributed by atoms with van der Waals surface area (Å²) in [7, 11) is 1.98. The monoisotopic (exact) mass is 125 g/mol. The highest BCUT2D eigenvalue weighted by Gasteiger charge is 1.96. The normalized spacial score (nSPS) is 8.78. The Balaban J connectivity index is 3.88. The zero-order chi connectivity index (χ0) is 7.44. The van der Waals surface area contributed by atoms with Crippen LogP contribution in [0, 0.1) is 0 Å². The first-order valence-electron chi connectivity index (χ1n) is 3.16. The lowest BCUT2D eigenvalue weighted by Crippen LogP contribution is -2.12. The highest BCUT2D eigenvalue weighted by Crippen LogP contribution is 2.07. The largest absolute Gasteiger partial charge is 0.353 e. The van der Waals surface area contributed by atoms with Gasteiger partial charge in [-0.3, -0.25) is 0 Å². The molecule has 0 aromatic heterocycles. The number of hydrogen-bond donors (Lipinski definition) is 0. The van der Waals surface area contributed by atoms with Crippen molar-refractivity contribution in [2.75, 3.05) is 7.05 Å². The molecule has 1 heteroatoms. The summed E-state index contributed by atoms with van der Waals surface area (Å²) in [5.41, 5.74) is 2.16. The maximum atomic E-state index is 3.86. The first-order chi connectivity index (χ1) is 4.09. The Bertz CT molecular complexity index is 125. The van der Waals surface area contributed by atoms with Crippen molar-refractivity contribution in [2.45, 2.75) is 20.3 Å². The van der Waals surface area contributed by atoms with Gasteiger partial charge in [0.1, 0.15) is 0 Å². The van der Waals surface area contributed by atoms with E-state index in [0.717, 1.165) is 17.8 Å². The van der Waals surface area contributed by atoms with Crippen molar-refractivity contribution in [3.8, 4) is 0 Å². The van der Waals surface area contributed by atoms with Crippen molar-refractivity contribution in [2.24, 2.45) is 0 Å². The van der Waals surface area contributed by atoms with E-state index in [0.29, 0.717) is 0 Å². The predicted molar refractivity (Wildman–Crippen MR) is 42.0 cm³/mol. The van der Waals surface area contributed by atoms with Gasteiger partial charge in [-0.25, -0.2) is 0 Å². The van der Waals surface area contributed by atoms with Crippen LogP contribution in [0.15, 0.2) is 24.6 Å². The van der Waals surface area contributed by atoms with Crippen molar-refractivity contribution in [3.05, 3.63) is 24.6 Å². The fraction of sp³-hybridized carbons (Fsp3) is 0.500. The van der Waals surface area contributed by atoms with Crippen LogP contribution in [0.3, 0.4) is 0 Å². The van der Waals surface area contributed by atoms with Crippen LogP contribution in [0.5, 0.6) is 0 Å². The van der Waals surface area contributed by atoms with Crippen molar-refractivity contribution >= 4 is 0 Å². The lowest BCUT2D eigenvalue weighted by molar-refractivity contribution is 0.507. The van der Waals surface area contributed by atoms with E-state index in [2.05, 4.69) is 20.1 Å². The molecule has 0 unspecified atom stereocenters. The summed E-state index contributed by atoms with van der Waals surface area (Å²) in [5.74, 6) is 0. The Kier molecular flexibility index (Phi) is 3.07. The second kappa shape index (κ2) is 3.33. The van der Waals surface area contributed by atoms with E-state index in [1.54, 1.807) is 0 Å². The minimum absolute atomic E-state index is 0.989. The Hall–Kier alpha value is -0.720. The second-order valence-electron chi connectivity index (χ2n) is 2.21. The van der Waals surface area contributed by atoms with Gasteiger partial charge in [0.15, 0.2) is 0 Å². The molecule has 0 fully saturated rings. The van der Waals surface area contributed by atoms with E-state index in [-0.39, 0.29) is 0 Å². The van der Waals surface area contributed by atoms with Crippen LogP contribution in [0.4, 0.5) is 0 Å². The summed E-state index contributed by atoms with van der Waals surface area (Å²) in [5, 5.41) is 0. The number of nitrogens with zero attached hydrogens (tertiary/aromatic N) is 1. The Morgan fingerprint density at radius 1 is 1.44 bits per heavy atom. The van der Waals surface area contributed by atoms with Gasteiger partial charge in [0.25, 0.3) is 0 Å². The highest BCUT2D eigenvalue weighted by molar-refractivity contribution is 5.02. The molecular weight excluding hydrogens is 110 g/mol. The maximum Gasteiger partial charge on any atom is 0.0111 e. The molecule has 0 atom stereocenters. The minimum Gasteiger partial charge on any atom is -0.353 e. The summed E-state index contributed by atoms with van der Waals surface area (Å²) >= 11 is 0. The smallest absolute Gasteiger partial charge is 0.0111 e. The van der Waals surface area contributed by atoms with E-state index in [1.165, 1.54) is 0 Å². The van der Waals surface area contributed by atoms with Crippen LogP contribution in [-0.2, 0) is 0 Å². The lowest BCUT2D eigenvalue weighted by Gasteiger charge is -2.19.